The summed E-state index contributed by atoms with van der Waals surface area (Å²) in [6.07, 6.45) is 5.70. The lowest BCUT2D eigenvalue weighted by molar-refractivity contribution is -0.0726. The van der Waals surface area contributed by atoms with E-state index in [1.165, 1.54) is 6.07 Å². The van der Waals surface area contributed by atoms with Gasteiger partial charge in [0, 0.05) is 23.6 Å². The van der Waals surface area contributed by atoms with Crippen LogP contribution in [0.15, 0.2) is 24.3 Å². The highest BCUT2D eigenvalue weighted by atomic mass is 32.3. The quantitative estimate of drug-likeness (QED) is 0.438. The van der Waals surface area contributed by atoms with Gasteiger partial charge in [0.15, 0.2) is 0 Å². The van der Waals surface area contributed by atoms with Gasteiger partial charge in [0.2, 0.25) is 0 Å². The van der Waals surface area contributed by atoms with Crippen molar-refractivity contribution >= 4 is 16.6 Å². The van der Waals surface area contributed by atoms with Crippen LogP contribution in [0.4, 0.5) is 9.18 Å². The monoisotopic (exact) mass is 539 g/mol. The third kappa shape index (κ3) is 5.01. The van der Waals surface area contributed by atoms with Crippen LogP contribution in [0.2, 0.25) is 0 Å². The number of halogens is 1. The van der Waals surface area contributed by atoms with Gasteiger partial charge in [-0.25, -0.2) is 9.18 Å². The smallest absolute Gasteiger partial charge is 0.320 e. The summed E-state index contributed by atoms with van der Waals surface area (Å²) in [5, 5.41) is 22.3. The Balaban J connectivity index is 1.39. The lowest BCUT2D eigenvalue weighted by Gasteiger charge is -2.52. The van der Waals surface area contributed by atoms with Crippen LogP contribution < -0.4 is 0 Å². The van der Waals surface area contributed by atoms with E-state index in [4.69, 9.17) is 0 Å². The van der Waals surface area contributed by atoms with Crippen LogP contribution in [-0.4, -0.2) is 102 Å². The molecule has 37 heavy (non-hydrogen) atoms. The molecule has 0 radical (unpaired) electrons. The second-order valence-electron chi connectivity index (χ2n) is 12.4. The molecule has 1 aromatic carbocycles. The van der Waals surface area contributed by atoms with Crippen LogP contribution in [-0.2, 0) is 5.54 Å². The van der Waals surface area contributed by atoms with Crippen LogP contribution in [0.5, 0.6) is 0 Å². The molecular formula is C27H42FN3O5S. The topological polar surface area (TPSA) is 108 Å². The first kappa shape index (κ1) is 27.1. The Morgan fingerprint density at radius 2 is 1.57 bits per heavy atom. The molecule has 2 heterocycles. The molecule has 4 aliphatic rings. The van der Waals surface area contributed by atoms with E-state index in [1.54, 1.807) is 17.0 Å². The van der Waals surface area contributed by atoms with Gasteiger partial charge in [0.05, 0.1) is 29.8 Å². The molecule has 0 bridgehead atoms. The predicted molar refractivity (Wildman–Crippen MR) is 142 cm³/mol. The minimum absolute atomic E-state index is 0.152. The van der Waals surface area contributed by atoms with Crippen molar-refractivity contribution in [3.8, 4) is 0 Å². The van der Waals surface area contributed by atoms with Gasteiger partial charge in [-0.3, -0.25) is 14.0 Å². The first-order chi connectivity index (χ1) is 17.3. The fourth-order valence-corrected chi connectivity index (χ4v) is 8.67. The van der Waals surface area contributed by atoms with Gasteiger partial charge in [-0.1, -0.05) is 12.1 Å². The molecule has 4 fully saturated rings. The Labute approximate surface area is 220 Å². The number of amides is 2. The van der Waals surface area contributed by atoms with E-state index in [2.05, 4.69) is 4.90 Å². The van der Waals surface area contributed by atoms with Gasteiger partial charge in [-0.15, -0.1) is 0 Å². The lowest BCUT2D eigenvalue weighted by Crippen LogP contribution is -2.59. The maximum atomic E-state index is 14.2. The standard InChI is InChI=1S/C27H42FN3O5S/c1-29(2)27(21-5-3-6-22(28)17-21)11-9-24(10-12-27)18-30(19-26(34)13-15-37(35,36)16-14-26)23(32)31(24)20-25(33)7-4-8-25/h3,5-6,17,33-36H,4,7-16,18-20H2,1-2H3. The Hall–Kier alpha value is -1.43. The molecule has 1 spiro atoms. The molecule has 5 rings (SSSR count). The maximum absolute atomic E-state index is 14.2. The summed E-state index contributed by atoms with van der Waals surface area (Å²) < 4.78 is 34.2. The molecule has 208 valence electrons. The molecule has 2 amide bonds. The Morgan fingerprint density at radius 1 is 0.946 bits per heavy atom. The summed E-state index contributed by atoms with van der Waals surface area (Å²) in [5.41, 5.74) is -1.89. The number of urea groups is 1. The number of rotatable bonds is 6. The molecule has 2 aliphatic heterocycles. The van der Waals surface area contributed by atoms with Gasteiger partial charge < -0.3 is 20.0 Å². The first-order valence-corrected chi connectivity index (χ1v) is 15.4. The highest BCUT2D eigenvalue weighted by molar-refractivity contribution is 8.24. The number of hydrogen-bond donors (Lipinski definition) is 4. The maximum Gasteiger partial charge on any atom is 0.320 e. The zero-order valence-corrected chi connectivity index (χ0v) is 22.9. The molecular weight excluding hydrogens is 497 g/mol. The average Bonchev–Trinajstić information content (AvgIpc) is 3.06. The predicted octanol–water partition coefficient (Wildman–Crippen LogP) is 3.82. The van der Waals surface area contributed by atoms with E-state index in [1.807, 2.05) is 25.1 Å². The Kier molecular flexibility index (Phi) is 6.86. The number of benzene rings is 1. The number of hydrogen-bond acceptors (Lipinski definition) is 6. The molecule has 1 aromatic rings. The van der Waals surface area contributed by atoms with Crippen LogP contribution in [0.25, 0.3) is 0 Å². The summed E-state index contributed by atoms with van der Waals surface area (Å²) in [6.45, 7) is 0.907. The normalized spacial score (nSPS) is 31.0. The molecule has 8 nitrogen and oxygen atoms in total. The number of β-amino-alcohol motifs (C(OH)–C–C–N with tert-alkyl or cyclic N) is 2. The van der Waals surface area contributed by atoms with Crippen molar-refractivity contribution in [2.45, 2.75) is 80.1 Å². The highest BCUT2D eigenvalue weighted by Gasteiger charge is 2.57. The highest BCUT2D eigenvalue weighted by Crippen LogP contribution is 2.51. The number of aliphatic hydroxyl groups is 2. The second-order valence-corrected chi connectivity index (χ2v) is 14.8. The molecule has 0 unspecified atom stereocenters. The van der Waals surface area contributed by atoms with Gasteiger partial charge in [-0.2, -0.15) is 10.6 Å². The summed E-state index contributed by atoms with van der Waals surface area (Å²) in [6, 6.07) is 6.64. The van der Waals surface area contributed by atoms with E-state index in [9.17, 15) is 28.5 Å². The van der Waals surface area contributed by atoms with Gasteiger partial charge in [0.25, 0.3) is 0 Å². The van der Waals surface area contributed by atoms with E-state index in [0.29, 0.717) is 32.2 Å². The second kappa shape index (κ2) is 9.34. The lowest BCUT2D eigenvalue weighted by atomic mass is 9.67. The van der Waals surface area contributed by atoms with Gasteiger partial charge in [-0.05, 0) is 89.6 Å². The minimum Gasteiger partial charge on any atom is -0.388 e. The molecule has 2 saturated carbocycles. The van der Waals surface area contributed by atoms with Gasteiger partial charge in [0.1, 0.15) is 5.82 Å². The number of nitrogens with zero attached hydrogens (tertiary/aromatic N) is 3. The molecule has 10 heteroatoms. The summed E-state index contributed by atoms with van der Waals surface area (Å²) in [7, 11) is 1.39. The van der Waals surface area contributed by atoms with Crippen molar-refractivity contribution in [2.75, 3.05) is 45.2 Å². The van der Waals surface area contributed by atoms with Crippen molar-refractivity contribution in [1.82, 2.24) is 14.7 Å². The van der Waals surface area contributed by atoms with E-state index < -0.39 is 27.3 Å². The molecule has 2 saturated heterocycles. The van der Waals surface area contributed by atoms with Crippen LogP contribution in [0, 0.1) is 5.82 Å². The van der Waals surface area contributed by atoms with Crippen molar-refractivity contribution in [1.29, 1.82) is 0 Å². The van der Waals surface area contributed by atoms with E-state index >= 15 is 0 Å². The minimum atomic E-state index is -2.65. The molecule has 2 aliphatic carbocycles. The third-order valence-electron chi connectivity index (χ3n) is 9.80. The average molecular weight is 540 g/mol. The SMILES string of the molecule is CN(C)C1(c2cccc(F)c2)CCC2(CC1)CN(CC1(O)CCS(O)(O)CC1)C(=O)N2CC1(O)CCC1. The van der Waals surface area contributed by atoms with Crippen molar-refractivity contribution in [3.63, 3.8) is 0 Å². The summed E-state index contributed by atoms with van der Waals surface area (Å²) in [4.78, 5) is 19.6. The zero-order valence-electron chi connectivity index (χ0n) is 22.0. The zero-order chi connectivity index (χ0) is 26.7. The largest absolute Gasteiger partial charge is 0.388 e. The molecule has 4 N–H and O–H groups in total. The van der Waals surface area contributed by atoms with Crippen molar-refractivity contribution < 1.29 is 28.5 Å². The summed E-state index contributed by atoms with van der Waals surface area (Å²) >= 11 is 0. The Bertz CT molecular complexity index is 1020. The van der Waals surface area contributed by atoms with Crippen LogP contribution in [0.1, 0.15) is 63.4 Å². The fraction of sp³-hybridized carbons (Fsp3) is 0.741. The third-order valence-corrected chi connectivity index (χ3v) is 11.5. The molecule has 0 atom stereocenters. The van der Waals surface area contributed by atoms with Crippen molar-refractivity contribution in [2.24, 2.45) is 0 Å². The van der Waals surface area contributed by atoms with E-state index in [-0.39, 0.29) is 54.8 Å². The molecule has 0 aromatic heterocycles. The summed E-state index contributed by atoms with van der Waals surface area (Å²) in [5.74, 6) is 0.0468. The van der Waals surface area contributed by atoms with Crippen LogP contribution in [0.3, 0.4) is 0 Å². The Morgan fingerprint density at radius 3 is 2.11 bits per heavy atom. The van der Waals surface area contributed by atoms with Gasteiger partial charge >= 0.3 is 6.03 Å². The van der Waals surface area contributed by atoms with E-state index in [0.717, 1.165) is 24.8 Å². The first-order valence-electron chi connectivity index (χ1n) is 13.5. The number of carbonyl (C=O) groups excluding carboxylic acids is 1. The van der Waals surface area contributed by atoms with Crippen molar-refractivity contribution in [3.05, 3.63) is 35.6 Å². The fourth-order valence-electron chi connectivity index (χ4n) is 7.05. The van der Waals surface area contributed by atoms with Crippen LogP contribution >= 0.6 is 10.6 Å². The number of carbonyl (C=O) groups is 1.